The lowest BCUT2D eigenvalue weighted by atomic mass is 9.66. The first-order valence-corrected chi connectivity index (χ1v) is 7.65. The fourth-order valence-corrected chi connectivity index (χ4v) is 4.62. The Kier molecular flexibility index (Phi) is 2.98. The third-order valence-electron chi connectivity index (χ3n) is 6.13. The van der Waals surface area contributed by atoms with Crippen molar-refractivity contribution in [3.63, 3.8) is 0 Å². The maximum absolute atomic E-state index is 12.3. The van der Waals surface area contributed by atoms with E-state index >= 15 is 0 Å². The highest BCUT2D eigenvalue weighted by atomic mass is 16.1. The van der Waals surface area contributed by atoms with Crippen LogP contribution in [0.2, 0.25) is 0 Å². The van der Waals surface area contributed by atoms with Gasteiger partial charge in [-0.1, -0.05) is 45.0 Å². The first kappa shape index (κ1) is 14.2. The van der Waals surface area contributed by atoms with Gasteiger partial charge in [0.1, 0.15) is 0 Å². The van der Waals surface area contributed by atoms with Gasteiger partial charge in [-0.05, 0) is 47.6 Å². The predicted molar refractivity (Wildman–Crippen MR) is 84.0 cm³/mol. The van der Waals surface area contributed by atoms with Crippen LogP contribution in [0.1, 0.15) is 56.5 Å². The third kappa shape index (κ3) is 1.65. The molecular formula is C19H22O2. The standard InChI is InChI=1S/C19H22O2/c1-12(21)16-15-9-10-19(4,18(15,2)3)17(16)14-8-6-5-7-13(14)11-20/h5-8,11,15H,9-10H2,1-4H3/t15-,19-/m1/s1. The fourth-order valence-electron chi connectivity index (χ4n) is 4.62. The van der Waals surface area contributed by atoms with Crippen LogP contribution >= 0.6 is 0 Å². The van der Waals surface area contributed by atoms with Gasteiger partial charge in [0.05, 0.1) is 0 Å². The van der Waals surface area contributed by atoms with Gasteiger partial charge in [-0.2, -0.15) is 0 Å². The third-order valence-corrected chi connectivity index (χ3v) is 6.13. The monoisotopic (exact) mass is 282 g/mol. The molecule has 0 aliphatic heterocycles. The number of fused-ring (bicyclic) bond motifs is 2. The summed E-state index contributed by atoms with van der Waals surface area (Å²) in [5.74, 6) is 0.474. The Balaban J connectivity index is 2.33. The van der Waals surface area contributed by atoms with Crippen LogP contribution in [0.4, 0.5) is 0 Å². The molecule has 2 aliphatic carbocycles. The van der Waals surface area contributed by atoms with E-state index in [1.54, 1.807) is 6.92 Å². The Morgan fingerprint density at radius 3 is 2.52 bits per heavy atom. The summed E-state index contributed by atoms with van der Waals surface area (Å²) >= 11 is 0. The van der Waals surface area contributed by atoms with Crippen molar-refractivity contribution in [1.82, 2.24) is 0 Å². The lowest BCUT2D eigenvalue weighted by Crippen LogP contribution is -2.29. The van der Waals surface area contributed by atoms with E-state index in [4.69, 9.17) is 0 Å². The Morgan fingerprint density at radius 2 is 1.90 bits per heavy atom. The molecule has 1 aromatic carbocycles. The van der Waals surface area contributed by atoms with Crippen molar-refractivity contribution in [2.24, 2.45) is 16.7 Å². The second-order valence-electron chi connectivity index (χ2n) is 7.20. The number of benzene rings is 1. The topological polar surface area (TPSA) is 34.1 Å². The quantitative estimate of drug-likeness (QED) is 0.775. The molecule has 2 aliphatic rings. The van der Waals surface area contributed by atoms with Gasteiger partial charge in [-0.25, -0.2) is 0 Å². The van der Waals surface area contributed by atoms with Crippen molar-refractivity contribution in [2.45, 2.75) is 40.5 Å². The molecule has 0 amide bonds. The van der Waals surface area contributed by atoms with E-state index in [-0.39, 0.29) is 16.6 Å². The SMILES string of the molecule is CC(=O)C1=C(c2ccccc2C=O)[C@@]2(C)CC[C@H]1C2(C)C. The number of rotatable bonds is 3. The molecule has 2 atom stereocenters. The number of carbonyl (C=O) groups is 2. The highest BCUT2D eigenvalue weighted by Gasteiger charge is 2.61. The Morgan fingerprint density at radius 1 is 1.24 bits per heavy atom. The summed E-state index contributed by atoms with van der Waals surface area (Å²) in [5, 5.41) is 0. The van der Waals surface area contributed by atoms with Gasteiger partial charge in [-0.3, -0.25) is 9.59 Å². The second-order valence-corrected chi connectivity index (χ2v) is 7.20. The van der Waals surface area contributed by atoms with Crippen LogP contribution in [0.3, 0.4) is 0 Å². The van der Waals surface area contributed by atoms with Gasteiger partial charge in [0, 0.05) is 11.1 Å². The summed E-state index contributed by atoms with van der Waals surface area (Å²) in [4.78, 5) is 23.7. The first-order chi connectivity index (χ1) is 9.84. The largest absolute Gasteiger partial charge is 0.298 e. The van der Waals surface area contributed by atoms with E-state index in [1.807, 2.05) is 24.3 Å². The highest BCUT2D eigenvalue weighted by molar-refractivity contribution is 6.06. The predicted octanol–water partition coefficient (Wildman–Crippen LogP) is 4.30. The average molecular weight is 282 g/mol. The number of carbonyl (C=O) groups excluding carboxylic acids is 2. The lowest BCUT2D eigenvalue weighted by molar-refractivity contribution is -0.114. The smallest absolute Gasteiger partial charge is 0.156 e. The molecular weight excluding hydrogens is 260 g/mol. The van der Waals surface area contributed by atoms with Crippen LogP contribution < -0.4 is 0 Å². The molecule has 0 saturated heterocycles. The molecule has 21 heavy (non-hydrogen) atoms. The minimum atomic E-state index is -0.0300. The van der Waals surface area contributed by atoms with Crippen LogP contribution in [0, 0.1) is 16.7 Å². The van der Waals surface area contributed by atoms with Gasteiger partial charge < -0.3 is 0 Å². The Hall–Kier alpha value is -1.70. The molecule has 0 unspecified atom stereocenters. The van der Waals surface area contributed by atoms with Gasteiger partial charge in [0.15, 0.2) is 12.1 Å². The van der Waals surface area contributed by atoms with E-state index in [1.165, 1.54) is 0 Å². The molecule has 1 saturated carbocycles. The molecule has 0 N–H and O–H groups in total. The molecule has 0 heterocycles. The zero-order chi connectivity index (χ0) is 15.4. The number of hydrogen-bond acceptors (Lipinski definition) is 2. The Labute approximate surface area is 126 Å². The van der Waals surface area contributed by atoms with Crippen molar-refractivity contribution in [3.05, 3.63) is 41.0 Å². The minimum Gasteiger partial charge on any atom is -0.298 e. The van der Waals surface area contributed by atoms with Gasteiger partial charge in [-0.15, -0.1) is 0 Å². The number of ketones is 1. The number of Topliss-reactive ketones (excluding diaryl/α,β-unsaturated/α-hetero) is 1. The van der Waals surface area contributed by atoms with Crippen molar-refractivity contribution in [3.8, 4) is 0 Å². The molecule has 1 fully saturated rings. The second kappa shape index (κ2) is 4.40. The van der Waals surface area contributed by atoms with E-state index in [0.717, 1.165) is 35.8 Å². The zero-order valence-electron chi connectivity index (χ0n) is 13.2. The molecule has 1 aromatic rings. The number of aldehydes is 1. The molecule has 0 aromatic heterocycles. The van der Waals surface area contributed by atoms with Gasteiger partial charge in [0.2, 0.25) is 0 Å². The molecule has 0 spiro atoms. The number of allylic oxidation sites excluding steroid dienone is 2. The van der Waals surface area contributed by atoms with Crippen LogP contribution in [-0.4, -0.2) is 12.1 Å². The highest BCUT2D eigenvalue weighted by Crippen LogP contribution is 2.70. The minimum absolute atomic E-state index is 0.0300. The summed E-state index contributed by atoms with van der Waals surface area (Å²) in [5.41, 5.74) is 3.77. The van der Waals surface area contributed by atoms with Crippen LogP contribution in [-0.2, 0) is 4.79 Å². The van der Waals surface area contributed by atoms with E-state index < -0.39 is 0 Å². The normalized spacial score (nSPS) is 29.8. The molecule has 2 nitrogen and oxygen atoms in total. The average Bonchev–Trinajstić information content (AvgIpc) is 2.78. The molecule has 0 radical (unpaired) electrons. The maximum atomic E-state index is 12.3. The van der Waals surface area contributed by atoms with Crippen molar-refractivity contribution >= 4 is 17.6 Å². The molecule has 110 valence electrons. The van der Waals surface area contributed by atoms with E-state index in [9.17, 15) is 9.59 Å². The maximum Gasteiger partial charge on any atom is 0.156 e. The first-order valence-electron chi connectivity index (χ1n) is 7.65. The zero-order valence-corrected chi connectivity index (χ0v) is 13.2. The van der Waals surface area contributed by atoms with Crippen LogP contribution in [0.25, 0.3) is 5.57 Å². The summed E-state index contributed by atoms with van der Waals surface area (Å²) in [6.07, 6.45) is 3.07. The van der Waals surface area contributed by atoms with Crippen molar-refractivity contribution in [2.75, 3.05) is 0 Å². The Bertz CT molecular complexity index is 666. The summed E-state index contributed by atoms with van der Waals surface area (Å²) < 4.78 is 0. The lowest BCUT2D eigenvalue weighted by Gasteiger charge is -2.37. The number of hydrogen-bond donors (Lipinski definition) is 0. The molecule has 3 rings (SSSR count). The molecule has 2 heteroatoms. The van der Waals surface area contributed by atoms with E-state index in [2.05, 4.69) is 20.8 Å². The van der Waals surface area contributed by atoms with Gasteiger partial charge >= 0.3 is 0 Å². The fraction of sp³-hybridized carbons (Fsp3) is 0.474. The van der Waals surface area contributed by atoms with Crippen molar-refractivity contribution < 1.29 is 9.59 Å². The van der Waals surface area contributed by atoms with Crippen LogP contribution in [0.15, 0.2) is 29.8 Å². The van der Waals surface area contributed by atoms with Crippen molar-refractivity contribution in [1.29, 1.82) is 0 Å². The van der Waals surface area contributed by atoms with E-state index in [0.29, 0.717) is 11.5 Å². The molecule has 2 bridgehead atoms. The van der Waals surface area contributed by atoms with Gasteiger partial charge in [0.25, 0.3) is 0 Å². The summed E-state index contributed by atoms with van der Waals surface area (Å²) in [6.45, 7) is 8.47. The summed E-state index contributed by atoms with van der Waals surface area (Å²) in [6, 6.07) is 7.66. The summed E-state index contributed by atoms with van der Waals surface area (Å²) in [7, 11) is 0. The van der Waals surface area contributed by atoms with Crippen LogP contribution in [0.5, 0.6) is 0 Å².